The second kappa shape index (κ2) is 2.94. The van der Waals surface area contributed by atoms with Crippen molar-refractivity contribution in [2.45, 2.75) is 0 Å². The summed E-state index contributed by atoms with van der Waals surface area (Å²) in [6, 6.07) is 2.42. The van der Waals surface area contributed by atoms with Crippen molar-refractivity contribution in [1.29, 1.82) is 0 Å². The minimum Gasteiger partial charge on any atom is -0.507 e. The van der Waals surface area contributed by atoms with Crippen LogP contribution in [0, 0.1) is 0 Å². The van der Waals surface area contributed by atoms with Crippen LogP contribution >= 0.6 is 0 Å². The lowest BCUT2D eigenvalue weighted by Gasteiger charge is -2.07. The van der Waals surface area contributed by atoms with E-state index in [0.717, 1.165) is 6.07 Å². The number of phenolic OH excluding ortho intramolecular Hbond substituents is 3. The predicted molar refractivity (Wildman–Crippen MR) is 58.2 cm³/mol. The number of aromatic nitrogens is 1. The van der Waals surface area contributed by atoms with Gasteiger partial charge in [-0.05, 0) is 6.07 Å². The van der Waals surface area contributed by atoms with E-state index in [-0.39, 0.29) is 28.1 Å². The third-order valence-electron chi connectivity index (χ3n) is 2.58. The zero-order valence-electron chi connectivity index (χ0n) is 8.38. The molecular weight excluding hydrogens is 226 g/mol. The van der Waals surface area contributed by atoms with Crippen LogP contribution in [0.25, 0.3) is 22.0 Å². The molecule has 0 aliphatic rings. The lowest BCUT2D eigenvalue weighted by molar-refractivity contribution is 0.400. The zero-order valence-corrected chi connectivity index (χ0v) is 8.38. The van der Waals surface area contributed by atoms with E-state index in [1.54, 1.807) is 0 Å². The third kappa shape index (κ3) is 1.12. The van der Waals surface area contributed by atoms with E-state index in [9.17, 15) is 20.4 Å². The van der Waals surface area contributed by atoms with Crippen LogP contribution in [0.1, 0.15) is 0 Å². The zero-order chi connectivity index (χ0) is 12.2. The van der Waals surface area contributed by atoms with Crippen molar-refractivity contribution >= 4 is 22.0 Å². The van der Waals surface area contributed by atoms with Gasteiger partial charge in [-0.3, -0.25) is 0 Å². The fourth-order valence-corrected chi connectivity index (χ4v) is 1.78. The van der Waals surface area contributed by atoms with Crippen molar-refractivity contribution in [3.05, 3.63) is 18.4 Å². The highest BCUT2D eigenvalue weighted by atomic mass is 16.3. The van der Waals surface area contributed by atoms with Crippen molar-refractivity contribution in [3.8, 4) is 23.0 Å². The summed E-state index contributed by atoms with van der Waals surface area (Å²) in [5.41, 5.74) is -0.0160. The minimum absolute atomic E-state index is 0.0331. The summed E-state index contributed by atoms with van der Waals surface area (Å²) < 4.78 is 5.00. The van der Waals surface area contributed by atoms with E-state index in [4.69, 9.17) is 4.42 Å². The molecule has 1 aromatic carbocycles. The summed E-state index contributed by atoms with van der Waals surface area (Å²) in [5, 5.41) is 38.9. The Morgan fingerprint density at radius 2 is 1.76 bits per heavy atom. The molecule has 0 fully saturated rings. The van der Waals surface area contributed by atoms with Crippen molar-refractivity contribution in [2.24, 2.45) is 0 Å². The molecule has 4 N–H and O–H groups in total. The van der Waals surface area contributed by atoms with Gasteiger partial charge in [-0.15, -0.1) is 0 Å². The van der Waals surface area contributed by atoms with E-state index in [2.05, 4.69) is 4.98 Å². The fraction of sp³-hybridized carbons (Fsp3) is 0. The Kier molecular flexibility index (Phi) is 1.66. The van der Waals surface area contributed by atoms with Crippen LogP contribution in [-0.4, -0.2) is 25.4 Å². The van der Waals surface area contributed by atoms with Crippen LogP contribution < -0.4 is 0 Å². The van der Waals surface area contributed by atoms with Gasteiger partial charge in [0.1, 0.15) is 17.0 Å². The Bertz CT molecular complexity index is 747. The summed E-state index contributed by atoms with van der Waals surface area (Å²) in [6.45, 7) is 0. The van der Waals surface area contributed by atoms with Gasteiger partial charge in [-0.1, -0.05) is 0 Å². The largest absolute Gasteiger partial charge is 0.507 e. The van der Waals surface area contributed by atoms with Crippen molar-refractivity contribution in [3.63, 3.8) is 0 Å². The number of phenols is 3. The Balaban J connectivity index is 2.65. The number of benzene rings is 1. The number of rotatable bonds is 0. The molecule has 0 aliphatic carbocycles. The van der Waals surface area contributed by atoms with E-state index < -0.39 is 11.5 Å². The Morgan fingerprint density at radius 3 is 2.53 bits per heavy atom. The molecule has 6 heteroatoms. The van der Waals surface area contributed by atoms with Gasteiger partial charge >= 0.3 is 0 Å². The summed E-state index contributed by atoms with van der Waals surface area (Å²) in [5.74, 6) is -1.67. The van der Waals surface area contributed by atoms with Crippen LogP contribution in [0.4, 0.5) is 0 Å². The Labute approximate surface area is 94.0 Å². The van der Waals surface area contributed by atoms with E-state index in [1.165, 1.54) is 12.3 Å². The maximum absolute atomic E-state index is 9.94. The van der Waals surface area contributed by atoms with Gasteiger partial charge in [0.15, 0.2) is 11.5 Å². The summed E-state index contributed by atoms with van der Waals surface area (Å²) in [6.07, 6.45) is 1.32. The number of furan rings is 1. The molecule has 86 valence electrons. The number of pyridine rings is 1. The topological polar surface area (TPSA) is 107 Å². The molecule has 17 heavy (non-hydrogen) atoms. The van der Waals surface area contributed by atoms with Gasteiger partial charge < -0.3 is 24.8 Å². The number of nitrogens with zero attached hydrogens (tertiary/aromatic N) is 1. The summed E-state index contributed by atoms with van der Waals surface area (Å²) in [7, 11) is 0. The Morgan fingerprint density at radius 1 is 1.00 bits per heavy atom. The molecule has 0 atom stereocenters. The second-order valence-electron chi connectivity index (χ2n) is 3.59. The molecule has 0 unspecified atom stereocenters. The average Bonchev–Trinajstić information content (AvgIpc) is 2.74. The monoisotopic (exact) mass is 233 g/mol. The maximum Gasteiger partial charge on any atom is 0.230 e. The molecular formula is C11H7NO5. The van der Waals surface area contributed by atoms with Crippen LogP contribution in [-0.2, 0) is 0 Å². The normalized spacial score (nSPS) is 11.3. The van der Waals surface area contributed by atoms with Crippen molar-refractivity contribution < 1.29 is 24.8 Å². The molecule has 3 aromatic rings. The molecule has 0 saturated carbocycles. The first-order chi connectivity index (χ1) is 8.09. The van der Waals surface area contributed by atoms with E-state index in [0.29, 0.717) is 5.39 Å². The first kappa shape index (κ1) is 9.59. The maximum atomic E-state index is 9.94. The van der Waals surface area contributed by atoms with Gasteiger partial charge in [-0.2, -0.15) is 0 Å². The standard InChI is InChI=1S/C11H7NO5/c13-5-3-6(14)10(16)8-7(5)9(15)4-1-2-17-11(4)12-8/h1-3,13-14,16H,(H,12,15). The molecule has 2 aromatic heterocycles. The molecule has 2 heterocycles. The van der Waals surface area contributed by atoms with Crippen LogP contribution in [0.5, 0.6) is 23.0 Å². The highest BCUT2D eigenvalue weighted by molar-refractivity contribution is 6.05. The molecule has 0 bridgehead atoms. The lowest BCUT2D eigenvalue weighted by atomic mass is 10.1. The van der Waals surface area contributed by atoms with Crippen molar-refractivity contribution in [2.75, 3.05) is 0 Å². The average molecular weight is 233 g/mol. The first-order valence-corrected chi connectivity index (χ1v) is 4.73. The van der Waals surface area contributed by atoms with E-state index in [1.807, 2.05) is 0 Å². The highest BCUT2D eigenvalue weighted by Crippen LogP contribution is 2.44. The van der Waals surface area contributed by atoms with Crippen LogP contribution in [0.15, 0.2) is 22.8 Å². The lowest BCUT2D eigenvalue weighted by Crippen LogP contribution is -1.84. The predicted octanol–water partition coefficient (Wildman–Crippen LogP) is 1.80. The molecule has 0 saturated heterocycles. The molecule has 0 amide bonds. The molecule has 0 radical (unpaired) electrons. The highest BCUT2D eigenvalue weighted by Gasteiger charge is 2.19. The summed E-state index contributed by atoms with van der Waals surface area (Å²) in [4.78, 5) is 3.92. The number of hydrogen-bond acceptors (Lipinski definition) is 6. The number of aromatic hydroxyl groups is 4. The van der Waals surface area contributed by atoms with Crippen molar-refractivity contribution in [1.82, 2.24) is 4.98 Å². The number of hydrogen-bond donors (Lipinski definition) is 4. The number of fused-ring (bicyclic) bond motifs is 2. The van der Waals surface area contributed by atoms with Crippen LogP contribution in [0.2, 0.25) is 0 Å². The van der Waals surface area contributed by atoms with Crippen LogP contribution in [0.3, 0.4) is 0 Å². The molecule has 0 aliphatic heterocycles. The SMILES string of the molecule is Oc1cc(O)c2c(O)c3ccoc3nc2c1O. The third-order valence-corrected chi connectivity index (χ3v) is 2.58. The van der Waals surface area contributed by atoms with Gasteiger partial charge in [0, 0.05) is 6.07 Å². The smallest absolute Gasteiger partial charge is 0.230 e. The van der Waals surface area contributed by atoms with Gasteiger partial charge in [-0.25, -0.2) is 4.98 Å². The second-order valence-corrected chi connectivity index (χ2v) is 3.59. The van der Waals surface area contributed by atoms with E-state index >= 15 is 0 Å². The molecule has 6 nitrogen and oxygen atoms in total. The summed E-state index contributed by atoms with van der Waals surface area (Å²) >= 11 is 0. The van der Waals surface area contributed by atoms with Gasteiger partial charge in [0.05, 0.1) is 17.0 Å². The fourth-order valence-electron chi connectivity index (χ4n) is 1.78. The quantitative estimate of drug-likeness (QED) is 0.348. The molecule has 0 spiro atoms. The first-order valence-electron chi connectivity index (χ1n) is 4.73. The van der Waals surface area contributed by atoms with Gasteiger partial charge in [0.2, 0.25) is 5.71 Å². The van der Waals surface area contributed by atoms with Gasteiger partial charge in [0.25, 0.3) is 0 Å². The minimum atomic E-state index is -0.522. The Hall–Kier alpha value is -2.63. The molecule has 3 rings (SSSR count).